The van der Waals surface area contributed by atoms with E-state index in [2.05, 4.69) is 44.8 Å². The van der Waals surface area contributed by atoms with Gasteiger partial charge in [-0.1, -0.05) is 27.7 Å². The van der Waals surface area contributed by atoms with Crippen molar-refractivity contribution in [3.05, 3.63) is 0 Å². The van der Waals surface area contributed by atoms with E-state index < -0.39 is 5.60 Å². The molecule has 0 aromatic heterocycles. The first-order valence-electron chi connectivity index (χ1n) is 6.51. The van der Waals surface area contributed by atoms with Crippen LogP contribution in [-0.4, -0.2) is 47.8 Å². The molecule has 0 aliphatic rings. The van der Waals surface area contributed by atoms with E-state index in [0.29, 0.717) is 12.6 Å². The van der Waals surface area contributed by atoms with Gasteiger partial charge < -0.3 is 15.3 Å². The van der Waals surface area contributed by atoms with Crippen molar-refractivity contribution < 1.29 is 5.11 Å². The number of likely N-dealkylation sites (N-methyl/N-ethyl adjacent to an activating group) is 1. The van der Waals surface area contributed by atoms with Crippen LogP contribution in [0, 0.1) is 5.92 Å². The van der Waals surface area contributed by atoms with E-state index in [4.69, 9.17) is 0 Å². The number of nitrogens with zero attached hydrogens (tertiary/aromatic N) is 1. The summed E-state index contributed by atoms with van der Waals surface area (Å²) in [5.74, 6) is 0.278. The van der Waals surface area contributed by atoms with E-state index in [-0.39, 0.29) is 5.92 Å². The van der Waals surface area contributed by atoms with Gasteiger partial charge in [0, 0.05) is 19.1 Å². The van der Waals surface area contributed by atoms with Crippen LogP contribution in [0.3, 0.4) is 0 Å². The van der Waals surface area contributed by atoms with E-state index in [9.17, 15) is 5.11 Å². The number of nitrogens with one attached hydrogen (secondary N) is 1. The van der Waals surface area contributed by atoms with Crippen molar-refractivity contribution in [2.24, 2.45) is 5.92 Å². The molecular weight excluding hydrogens is 200 g/mol. The van der Waals surface area contributed by atoms with Gasteiger partial charge >= 0.3 is 0 Å². The molecule has 0 aromatic rings. The van der Waals surface area contributed by atoms with Crippen molar-refractivity contribution in [1.29, 1.82) is 0 Å². The predicted octanol–water partition coefficient (Wildman–Crippen LogP) is 1.71. The van der Waals surface area contributed by atoms with Crippen molar-refractivity contribution >= 4 is 0 Å². The van der Waals surface area contributed by atoms with Crippen LogP contribution in [0.25, 0.3) is 0 Å². The molecule has 2 atom stereocenters. The molecule has 0 aliphatic heterocycles. The Morgan fingerprint density at radius 3 is 2.06 bits per heavy atom. The van der Waals surface area contributed by atoms with Crippen molar-refractivity contribution in [2.75, 3.05) is 26.2 Å². The molecule has 98 valence electrons. The summed E-state index contributed by atoms with van der Waals surface area (Å²) in [7, 11) is 0. The van der Waals surface area contributed by atoms with Gasteiger partial charge in [0.05, 0.1) is 5.60 Å². The Balaban J connectivity index is 3.93. The summed E-state index contributed by atoms with van der Waals surface area (Å²) >= 11 is 0. The molecule has 0 aromatic carbocycles. The minimum absolute atomic E-state index is 0.278. The van der Waals surface area contributed by atoms with E-state index in [1.54, 1.807) is 0 Å². The maximum atomic E-state index is 10.1. The van der Waals surface area contributed by atoms with Crippen LogP contribution < -0.4 is 5.32 Å². The molecule has 16 heavy (non-hydrogen) atoms. The number of hydrogen-bond donors (Lipinski definition) is 2. The fraction of sp³-hybridized carbons (Fsp3) is 1.00. The van der Waals surface area contributed by atoms with Crippen LogP contribution in [0.1, 0.15) is 41.5 Å². The first-order chi connectivity index (χ1) is 7.33. The molecule has 0 saturated heterocycles. The lowest BCUT2D eigenvalue weighted by Gasteiger charge is -2.31. The maximum Gasteiger partial charge on any atom is 0.0766 e. The molecule has 0 aliphatic carbocycles. The van der Waals surface area contributed by atoms with Crippen molar-refractivity contribution in [2.45, 2.75) is 53.2 Å². The third kappa shape index (κ3) is 5.83. The second-order valence-electron chi connectivity index (χ2n) is 5.28. The normalized spacial score (nSPS) is 17.8. The average molecular weight is 230 g/mol. The molecule has 0 rings (SSSR count). The van der Waals surface area contributed by atoms with Gasteiger partial charge in [-0.05, 0) is 32.9 Å². The second kappa shape index (κ2) is 7.25. The third-order valence-electron chi connectivity index (χ3n) is 3.48. The van der Waals surface area contributed by atoms with E-state index in [1.165, 1.54) is 0 Å². The highest BCUT2D eigenvalue weighted by atomic mass is 16.3. The lowest BCUT2D eigenvalue weighted by atomic mass is 9.92. The predicted molar refractivity (Wildman–Crippen MR) is 70.7 cm³/mol. The molecular formula is C13H30N2O. The average Bonchev–Trinajstić information content (AvgIpc) is 2.23. The van der Waals surface area contributed by atoms with Gasteiger partial charge in [-0.15, -0.1) is 0 Å². The lowest BCUT2D eigenvalue weighted by Crippen LogP contribution is -2.48. The smallest absolute Gasteiger partial charge is 0.0766 e. The topological polar surface area (TPSA) is 35.5 Å². The quantitative estimate of drug-likeness (QED) is 0.666. The maximum absolute atomic E-state index is 10.1. The summed E-state index contributed by atoms with van der Waals surface area (Å²) in [5.41, 5.74) is -0.614. The van der Waals surface area contributed by atoms with Gasteiger partial charge in [0.25, 0.3) is 0 Å². The summed E-state index contributed by atoms with van der Waals surface area (Å²) in [6.45, 7) is 16.4. The van der Waals surface area contributed by atoms with Gasteiger partial charge in [-0.2, -0.15) is 0 Å². The van der Waals surface area contributed by atoms with Crippen LogP contribution in [0.2, 0.25) is 0 Å². The number of rotatable bonds is 8. The fourth-order valence-corrected chi connectivity index (χ4v) is 1.52. The minimum atomic E-state index is -0.614. The number of hydrogen-bond acceptors (Lipinski definition) is 3. The largest absolute Gasteiger partial charge is 0.389 e. The molecule has 2 unspecified atom stereocenters. The molecule has 3 heteroatoms. The van der Waals surface area contributed by atoms with Gasteiger partial charge in [-0.3, -0.25) is 0 Å². The van der Waals surface area contributed by atoms with Crippen molar-refractivity contribution in [3.63, 3.8) is 0 Å². The highest BCUT2D eigenvalue weighted by Crippen LogP contribution is 2.14. The molecule has 0 saturated carbocycles. The molecule has 0 spiro atoms. The van der Waals surface area contributed by atoms with E-state index in [0.717, 1.165) is 19.6 Å². The van der Waals surface area contributed by atoms with Crippen LogP contribution in [-0.2, 0) is 0 Å². The van der Waals surface area contributed by atoms with Gasteiger partial charge in [0.2, 0.25) is 0 Å². The van der Waals surface area contributed by atoms with Crippen LogP contribution >= 0.6 is 0 Å². The Bertz CT molecular complexity index is 177. The first-order valence-corrected chi connectivity index (χ1v) is 6.51. The Kier molecular flexibility index (Phi) is 7.20. The Morgan fingerprint density at radius 1 is 1.19 bits per heavy atom. The van der Waals surface area contributed by atoms with E-state index >= 15 is 0 Å². The molecule has 0 bridgehead atoms. The zero-order valence-corrected chi connectivity index (χ0v) is 11.9. The Labute approximate surface area is 101 Å². The molecule has 0 fully saturated rings. The minimum Gasteiger partial charge on any atom is -0.389 e. The van der Waals surface area contributed by atoms with E-state index in [1.807, 2.05) is 6.92 Å². The Morgan fingerprint density at radius 2 is 1.69 bits per heavy atom. The molecule has 0 amide bonds. The van der Waals surface area contributed by atoms with Gasteiger partial charge in [0.1, 0.15) is 0 Å². The van der Waals surface area contributed by atoms with Gasteiger partial charge in [0.15, 0.2) is 0 Å². The highest BCUT2D eigenvalue weighted by Gasteiger charge is 2.25. The fourth-order valence-electron chi connectivity index (χ4n) is 1.52. The summed E-state index contributed by atoms with van der Waals surface area (Å²) in [4.78, 5) is 2.39. The van der Waals surface area contributed by atoms with Crippen molar-refractivity contribution in [3.8, 4) is 0 Å². The molecule has 2 N–H and O–H groups in total. The monoisotopic (exact) mass is 230 g/mol. The molecule has 0 heterocycles. The van der Waals surface area contributed by atoms with Crippen LogP contribution in [0.15, 0.2) is 0 Å². The highest BCUT2D eigenvalue weighted by molar-refractivity contribution is 4.81. The zero-order valence-electron chi connectivity index (χ0n) is 11.9. The second-order valence-corrected chi connectivity index (χ2v) is 5.28. The van der Waals surface area contributed by atoms with Crippen molar-refractivity contribution in [1.82, 2.24) is 10.2 Å². The summed E-state index contributed by atoms with van der Waals surface area (Å²) in [6.07, 6.45) is 0. The van der Waals surface area contributed by atoms with Crippen LogP contribution in [0.5, 0.6) is 0 Å². The zero-order chi connectivity index (χ0) is 12.8. The summed E-state index contributed by atoms with van der Waals surface area (Å²) in [5, 5.41) is 13.5. The molecule has 3 nitrogen and oxygen atoms in total. The summed E-state index contributed by atoms with van der Waals surface area (Å²) < 4.78 is 0. The molecule has 0 radical (unpaired) electrons. The van der Waals surface area contributed by atoms with Gasteiger partial charge in [-0.25, -0.2) is 0 Å². The van der Waals surface area contributed by atoms with Crippen LogP contribution in [0.4, 0.5) is 0 Å². The summed E-state index contributed by atoms with van der Waals surface area (Å²) in [6, 6.07) is 0.421. The Hall–Kier alpha value is -0.120. The first kappa shape index (κ1) is 15.9. The lowest BCUT2D eigenvalue weighted by molar-refractivity contribution is 0.0113. The third-order valence-corrected chi connectivity index (χ3v) is 3.48. The standard InChI is InChI=1S/C13H30N2O/c1-7-15(8-2)9-12(5)14-10-13(6,16)11(3)4/h11-12,14,16H,7-10H2,1-6H3. The SMILES string of the molecule is CCN(CC)CC(C)NCC(C)(O)C(C)C. The number of aliphatic hydroxyl groups is 1.